The number of nitrogens with one attached hydrogen (secondary N) is 1. The van der Waals surface area contributed by atoms with Crippen LogP contribution in [0.25, 0.3) is 0 Å². The SMILES string of the molecule is O=C(Nc1cnoc1)c1c(F)cccc1F. The molecule has 2 aromatic rings. The first-order valence-corrected chi connectivity index (χ1v) is 4.33. The van der Waals surface area contributed by atoms with Crippen LogP contribution in [0.2, 0.25) is 0 Å². The molecule has 2 rings (SSSR count). The van der Waals surface area contributed by atoms with Crippen LogP contribution in [0, 0.1) is 11.6 Å². The highest BCUT2D eigenvalue weighted by Gasteiger charge is 2.17. The highest BCUT2D eigenvalue weighted by molar-refractivity contribution is 6.04. The molecule has 0 fully saturated rings. The summed E-state index contributed by atoms with van der Waals surface area (Å²) in [5, 5.41) is 5.58. The van der Waals surface area contributed by atoms with Crippen molar-refractivity contribution in [3.05, 3.63) is 47.9 Å². The summed E-state index contributed by atoms with van der Waals surface area (Å²) in [6, 6.07) is 3.19. The molecule has 0 aliphatic rings. The molecule has 16 heavy (non-hydrogen) atoms. The van der Waals surface area contributed by atoms with Crippen molar-refractivity contribution in [3.8, 4) is 0 Å². The fourth-order valence-electron chi connectivity index (χ4n) is 1.17. The minimum atomic E-state index is -0.922. The fraction of sp³-hybridized carbons (Fsp3) is 0. The molecule has 0 atom stereocenters. The lowest BCUT2D eigenvalue weighted by atomic mass is 10.2. The van der Waals surface area contributed by atoms with Crippen LogP contribution in [-0.2, 0) is 0 Å². The Hall–Kier alpha value is -2.24. The fourth-order valence-corrected chi connectivity index (χ4v) is 1.17. The van der Waals surface area contributed by atoms with Crippen molar-refractivity contribution >= 4 is 11.6 Å². The van der Waals surface area contributed by atoms with Gasteiger partial charge in [-0.1, -0.05) is 11.2 Å². The second-order valence-electron chi connectivity index (χ2n) is 2.96. The largest absolute Gasteiger partial charge is 0.363 e. The van der Waals surface area contributed by atoms with Gasteiger partial charge in [0.2, 0.25) is 0 Å². The maximum Gasteiger partial charge on any atom is 0.261 e. The zero-order valence-corrected chi connectivity index (χ0v) is 7.91. The molecular formula is C10H6F2N2O2. The number of amides is 1. The Bertz CT molecular complexity index is 491. The Morgan fingerprint density at radius 1 is 1.31 bits per heavy atom. The first-order chi connectivity index (χ1) is 7.68. The lowest BCUT2D eigenvalue weighted by Crippen LogP contribution is -2.15. The summed E-state index contributed by atoms with van der Waals surface area (Å²) in [6.45, 7) is 0. The van der Waals surface area contributed by atoms with Crippen molar-refractivity contribution in [1.82, 2.24) is 5.16 Å². The van der Waals surface area contributed by atoms with E-state index in [4.69, 9.17) is 0 Å². The van der Waals surface area contributed by atoms with Gasteiger partial charge in [-0.2, -0.15) is 0 Å². The summed E-state index contributed by atoms with van der Waals surface area (Å²) in [5.41, 5.74) is -0.406. The summed E-state index contributed by atoms with van der Waals surface area (Å²) in [6.07, 6.45) is 2.37. The van der Waals surface area contributed by atoms with E-state index in [0.29, 0.717) is 0 Å². The van der Waals surface area contributed by atoms with Gasteiger partial charge < -0.3 is 9.84 Å². The third kappa shape index (κ3) is 1.90. The van der Waals surface area contributed by atoms with Crippen molar-refractivity contribution in [2.75, 3.05) is 5.32 Å². The maximum absolute atomic E-state index is 13.2. The van der Waals surface area contributed by atoms with Crippen LogP contribution in [-0.4, -0.2) is 11.1 Å². The lowest BCUT2D eigenvalue weighted by Gasteiger charge is -2.03. The van der Waals surface area contributed by atoms with Crippen molar-refractivity contribution in [1.29, 1.82) is 0 Å². The molecular weight excluding hydrogens is 218 g/mol. The second kappa shape index (κ2) is 4.09. The van der Waals surface area contributed by atoms with Gasteiger partial charge in [-0.05, 0) is 12.1 Å². The Morgan fingerprint density at radius 3 is 2.56 bits per heavy atom. The molecule has 4 nitrogen and oxygen atoms in total. The molecule has 0 bridgehead atoms. The molecule has 1 N–H and O–H groups in total. The Kier molecular flexibility index (Phi) is 2.63. The smallest absolute Gasteiger partial charge is 0.261 e. The van der Waals surface area contributed by atoms with E-state index in [-0.39, 0.29) is 5.69 Å². The summed E-state index contributed by atoms with van der Waals surface area (Å²) in [7, 11) is 0. The Balaban J connectivity index is 2.28. The van der Waals surface area contributed by atoms with E-state index in [9.17, 15) is 13.6 Å². The molecule has 0 unspecified atom stereocenters. The second-order valence-corrected chi connectivity index (χ2v) is 2.96. The number of benzene rings is 1. The lowest BCUT2D eigenvalue weighted by molar-refractivity contribution is 0.101. The zero-order chi connectivity index (χ0) is 11.5. The topological polar surface area (TPSA) is 55.1 Å². The minimum Gasteiger partial charge on any atom is -0.363 e. The predicted octanol–water partition coefficient (Wildman–Crippen LogP) is 2.21. The van der Waals surface area contributed by atoms with Crippen molar-refractivity contribution in [2.24, 2.45) is 0 Å². The van der Waals surface area contributed by atoms with Crippen LogP contribution in [0.4, 0.5) is 14.5 Å². The average Bonchev–Trinajstić information content (AvgIpc) is 2.70. The zero-order valence-electron chi connectivity index (χ0n) is 7.91. The molecule has 0 saturated carbocycles. The first-order valence-electron chi connectivity index (χ1n) is 4.33. The number of hydrogen-bond donors (Lipinski definition) is 1. The maximum atomic E-state index is 13.2. The number of hydrogen-bond acceptors (Lipinski definition) is 3. The summed E-state index contributed by atoms with van der Waals surface area (Å²) in [5.74, 6) is -2.73. The van der Waals surface area contributed by atoms with E-state index in [1.54, 1.807) is 0 Å². The third-order valence-electron chi connectivity index (χ3n) is 1.88. The highest BCUT2D eigenvalue weighted by atomic mass is 19.1. The quantitative estimate of drug-likeness (QED) is 0.850. The van der Waals surface area contributed by atoms with Gasteiger partial charge in [-0.3, -0.25) is 4.79 Å². The number of carbonyl (C=O) groups excluding carboxylic acids is 1. The van der Waals surface area contributed by atoms with Gasteiger partial charge >= 0.3 is 0 Å². The summed E-state index contributed by atoms with van der Waals surface area (Å²) in [4.78, 5) is 11.5. The molecule has 1 heterocycles. The van der Waals surface area contributed by atoms with Gasteiger partial charge in [0, 0.05) is 0 Å². The monoisotopic (exact) mass is 224 g/mol. The number of anilines is 1. The van der Waals surface area contributed by atoms with Crippen LogP contribution in [0.3, 0.4) is 0 Å². The van der Waals surface area contributed by atoms with E-state index in [1.165, 1.54) is 12.3 Å². The molecule has 0 saturated heterocycles. The van der Waals surface area contributed by atoms with Crippen LogP contribution in [0.15, 0.2) is 35.2 Å². The molecule has 6 heteroatoms. The van der Waals surface area contributed by atoms with E-state index in [1.807, 2.05) is 0 Å². The van der Waals surface area contributed by atoms with Crippen LogP contribution >= 0.6 is 0 Å². The van der Waals surface area contributed by atoms with Gasteiger partial charge in [-0.25, -0.2) is 8.78 Å². The van der Waals surface area contributed by atoms with Crippen LogP contribution < -0.4 is 5.32 Å². The molecule has 1 aromatic heterocycles. The molecule has 0 aliphatic heterocycles. The molecule has 1 aromatic carbocycles. The minimum absolute atomic E-state index is 0.229. The van der Waals surface area contributed by atoms with Crippen LogP contribution in [0.1, 0.15) is 10.4 Å². The third-order valence-corrected chi connectivity index (χ3v) is 1.88. The summed E-state index contributed by atoms with van der Waals surface area (Å²) >= 11 is 0. The molecule has 0 radical (unpaired) electrons. The van der Waals surface area contributed by atoms with E-state index >= 15 is 0 Å². The van der Waals surface area contributed by atoms with Crippen molar-refractivity contribution < 1.29 is 18.1 Å². The van der Waals surface area contributed by atoms with E-state index in [2.05, 4.69) is 15.0 Å². The van der Waals surface area contributed by atoms with Gasteiger partial charge in [0.1, 0.15) is 29.1 Å². The predicted molar refractivity (Wildman–Crippen MR) is 50.8 cm³/mol. The molecule has 0 spiro atoms. The number of carbonyl (C=O) groups is 1. The summed E-state index contributed by atoms with van der Waals surface area (Å²) < 4.78 is 30.8. The number of aromatic nitrogens is 1. The molecule has 82 valence electrons. The standard InChI is InChI=1S/C10H6F2N2O2/c11-7-2-1-3-8(12)9(7)10(15)14-6-4-13-16-5-6/h1-5H,(H,14,15). The van der Waals surface area contributed by atoms with Crippen LogP contribution in [0.5, 0.6) is 0 Å². The van der Waals surface area contributed by atoms with E-state index in [0.717, 1.165) is 18.4 Å². The van der Waals surface area contributed by atoms with Crippen molar-refractivity contribution in [3.63, 3.8) is 0 Å². The Morgan fingerprint density at radius 2 is 2.00 bits per heavy atom. The average molecular weight is 224 g/mol. The van der Waals surface area contributed by atoms with Gasteiger partial charge in [0.05, 0.1) is 6.20 Å². The van der Waals surface area contributed by atoms with Gasteiger partial charge in [-0.15, -0.1) is 0 Å². The Labute approximate surface area is 88.9 Å². The highest BCUT2D eigenvalue weighted by Crippen LogP contribution is 2.14. The van der Waals surface area contributed by atoms with E-state index < -0.39 is 23.1 Å². The van der Waals surface area contributed by atoms with Crippen molar-refractivity contribution in [2.45, 2.75) is 0 Å². The molecule has 0 aliphatic carbocycles. The number of rotatable bonds is 2. The number of halogens is 2. The van der Waals surface area contributed by atoms with Gasteiger partial charge in [0.25, 0.3) is 5.91 Å². The molecule has 1 amide bonds. The first kappa shape index (κ1) is 10.3. The normalized spacial score (nSPS) is 10.1. The van der Waals surface area contributed by atoms with Gasteiger partial charge in [0.15, 0.2) is 0 Å². The number of nitrogens with zero attached hydrogens (tertiary/aromatic N) is 1.